The molecule has 0 aromatic heterocycles. The van der Waals surface area contributed by atoms with Gasteiger partial charge in [-0.05, 0) is 48.5 Å². The Labute approximate surface area is 120 Å². The molecule has 2 atom stereocenters. The third kappa shape index (κ3) is 2.99. The predicted molar refractivity (Wildman–Crippen MR) is 83.2 cm³/mol. The minimum atomic E-state index is 0.306. The number of rotatable bonds is 4. The van der Waals surface area contributed by atoms with Gasteiger partial charge in [-0.1, -0.05) is 37.1 Å². The van der Waals surface area contributed by atoms with Crippen molar-refractivity contribution in [3.05, 3.63) is 35.4 Å². The van der Waals surface area contributed by atoms with Crippen molar-refractivity contribution in [1.82, 2.24) is 5.43 Å². The van der Waals surface area contributed by atoms with Gasteiger partial charge in [-0.3, -0.25) is 11.3 Å². The Morgan fingerprint density at radius 3 is 2.37 bits per heavy atom. The van der Waals surface area contributed by atoms with Gasteiger partial charge in [0, 0.05) is 5.25 Å². The monoisotopic (exact) mass is 276 g/mol. The number of hydrazine groups is 1. The van der Waals surface area contributed by atoms with Gasteiger partial charge in [-0.25, -0.2) is 0 Å². The van der Waals surface area contributed by atoms with Gasteiger partial charge in [0.05, 0.1) is 6.04 Å². The van der Waals surface area contributed by atoms with Crippen molar-refractivity contribution in [3.8, 4) is 0 Å². The summed E-state index contributed by atoms with van der Waals surface area (Å²) in [6.45, 7) is 0. The van der Waals surface area contributed by atoms with Gasteiger partial charge in [0.25, 0.3) is 0 Å². The van der Waals surface area contributed by atoms with E-state index in [0.717, 1.165) is 5.92 Å². The smallest absolute Gasteiger partial charge is 0.0578 e. The average molecular weight is 276 g/mol. The number of benzene rings is 1. The fourth-order valence-electron chi connectivity index (χ4n) is 3.16. The summed E-state index contributed by atoms with van der Waals surface area (Å²) in [6, 6.07) is 9.51. The molecule has 1 saturated carbocycles. The highest BCUT2D eigenvalue weighted by molar-refractivity contribution is 8.00. The Hall–Kier alpha value is -0.510. The van der Waals surface area contributed by atoms with Crippen LogP contribution in [0.4, 0.5) is 0 Å². The van der Waals surface area contributed by atoms with Gasteiger partial charge in [0.1, 0.15) is 0 Å². The Morgan fingerprint density at radius 1 is 1.05 bits per heavy atom. The lowest BCUT2D eigenvalue weighted by molar-refractivity contribution is 0.419. The van der Waals surface area contributed by atoms with Crippen molar-refractivity contribution in [2.24, 2.45) is 5.84 Å². The van der Waals surface area contributed by atoms with Gasteiger partial charge >= 0.3 is 0 Å². The van der Waals surface area contributed by atoms with Gasteiger partial charge in [-0.2, -0.15) is 11.8 Å². The van der Waals surface area contributed by atoms with Gasteiger partial charge in [0.2, 0.25) is 0 Å². The van der Waals surface area contributed by atoms with Crippen LogP contribution in [0.2, 0.25) is 0 Å². The van der Waals surface area contributed by atoms with Crippen LogP contribution in [-0.2, 0) is 0 Å². The van der Waals surface area contributed by atoms with Crippen LogP contribution in [-0.4, -0.2) is 11.0 Å². The summed E-state index contributed by atoms with van der Waals surface area (Å²) in [5.41, 5.74) is 5.91. The van der Waals surface area contributed by atoms with Crippen molar-refractivity contribution in [2.75, 3.05) is 5.75 Å². The molecule has 3 rings (SSSR count). The van der Waals surface area contributed by atoms with Crippen LogP contribution in [0.25, 0.3) is 0 Å². The molecule has 3 N–H and O–H groups in total. The second-order valence-electron chi connectivity index (χ2n) is 5.84. The van der Waals surface area contributed by atoms with Crippen LogP contribution in [0.5, 0.6) is 0 Å². The highest BCUT2D eigenvalue weighted by Crippen LogP contribution is 2.38. The van der Waals surface area contributed by atoms with Gasteiger partial charge in [-0.15, -0.1) is 0 Å². The first kappa shape index (κ1) is 13.5. The molecule has 104 valence electrons. The van der Waals surface area contributed by atoms with E-state index in [9.17, 15) is 0 Å². The van der Waals surface area contributed by atoms with E-state index in [-0.39, 0.29) is 0 Å². The molecule has 0 amide bonds. The lowest BCUT2D eigenvalue weighted by atomic mass is 9.80. The third-order valence-electron chi connectivity index (χ3n) is 4.64. The first-order chi connectivity index (χ1) is 9.38. The Balaban J connectivity index is 1.71. The average Bonchev–Trinajstić information content (AvgIpc) is 2.41. The molecule has 2 aliphatic rings. The molecular formula is C16H24N2S. The third-order valence-corrected chi connectivity index (χ3v) is 6.10. The number of nitrogens with two attached hydrogens (primary N) is 1. The SMILES string of the molecule is NNC(c1ccc(C2CCC2)cc1)C1CCCCS1. The molecule has 0 bridgehead atoms. The molecule has 1 aliphatic carbocycles. The molecule has 2 fully saturated rings. The fraction of sp³-hybridized carbons (Fsp3) is 0.625. The zero-order valence-electron chi connectivity index (χ0n) is 11.5. The van der Waals surface area contributed by atoms with Crippen molar-refractivity contribution in [3.63, 3.8) is 0 Å². The normalized spacial score (nSPS) is 25.8. The maximum absolute atomic E-state index is 5.81. The number of hydrogen-bond acceptors (Lipinski definition) is 3. The second kappa shape index (κ2) is 6.29. The van der Waals surface area contributed by atoms with E-state index in [2.05, 4.69) is 41.5 Å². The van der Waals surface area contributed by atoms with Crippen LogP contribution in [0.3, 0.4) is 0 Å². The van der Waals surface area contributed by atoms with E-state index in [1.54, 1.807) is 0 Å². The summed E-state index contributed by atoms with van der Waals surface area (Å²) in [5, 5.41) is 0.633. The predicted octanol–water partition coefficient (Wildman–Crippen LogP) is 3.74. The maximum Gasteiger partial charge on any atom is 0.0578 e. The minimum Gasteiger partial charge on any atom is -0.271 e. The fourth-order valence-corrected chi connectivity index (χ4v) is 4.60. The topological polar surface area (TPSA) is 38.0 Å². The number of thioether (sulfide) groups is 1. The minimum absolute atomic E-state index is 0.306. The maximum atomic E-state index is 5.81. The Bertz CT molecular complexity index is 394. The molecule has 3 heteroatoms. The molecule has 19 heavy (non-hydrogen) atoms. The van der Waals surface area contributed by atoms with Crippen molar-refractivity contribution in [1.29, 1.82) is 0 Å². The quantitative estimate of drug-likeness (QED) is 0.650. The lowest BCUT2D eigenvalue weighted by Crippen LogP contribution is -2.36. The first-order valence-electron chi connectivity index (χ1n) is 7.56. The number of nitrogens with one attached hydrogen (secondary N) is 1. The highest BCUT2D eigenvalue weighted by Gasteiger charge is 2.25. The van der Waals surface area contributed by atoms with Crippen molar-refractivity contribution >= 4 is 11.8 Å². The molecule has 2 nitrogen and oxygen atoms in total. The van der Waals surface area contributed by atoms with E-state index in [1.807, 2.05) is 0 Å². The Morgan fingerprint density at radius 2 is 1.84 bits per heavy atom. The summed E-state index contributed by atoms with van der Waals surface area (Å²) in [4.78, 5) is 0. The standard InChI is InChI=1S/C16H24N2S/c17-18-16(15-6-1-2-11-19-15)14-9-7-13(8-10-14)12-4-3-5-12/h7-10,12,15-16,18H,1-6,11,17H2. The zero-order valence-corrected chi connectivity index (χ0v) is 12.3. The van der Waals surface area contributed by atoms with E-state index in [0.29, 0.717) is 11.3 Å². The number of hydrogen-bond donors (Lipinski definition) is 2. The molecule has 1 saturated heterocycles. The van der Waals surface area contributed by atoms with Crippen LogP contribution in [0.1, 0.15) is 61.6 Å². The summed E-state index contributed by atoms with van der Waals surface area (Å²) >= 11 is 2.07. The summed E-state index contributed by atoms with van der Waals surface area (Å²) in [5.74, 6) is 7.91. The summed E-state index contributed by atoms with van der Waals surface area (Å²) in [7, 11) is 0. The molecule has 1 aromatic rings. The largest absolute Gasteiger partial charge is 0.271 e. The lowest BCUT2D eigenvalue weighted by Gasteiger charge is -2.30. The Kier molecular flexibility index (Phi) is 4.46. The van der Waals surface area contributed by atoms with E-state index < -0.39 is 0 Å². The second-order valence-corrected chi connectivity index (χ2v) is 7.19. The van der Waals surface area contributed by atoms with Crippen molar-refractivity contribution in [2.45, 2.75) is 55.7 Å². The highest BCUT2D eigenvalue weighted by atomic mass is 32.2. The molecule has 0 spiro atoms. The molecule has 1 aliphatic heterocycles. The molecule has 0 radical (unpaired) electrons. The van der Waals surface area contributed by atoms with Crippen LogP contribution in [0, 0.1) is 0 Å². The summed E-state index contributed by atoms with van der Waals surface area (Å²) < 4.78 is 0. The van der Waals surface area contributed by atoms with Crippen LogP contribution >= 0.6 is 11.8 Å². The van der Waals surface area contributed by atoms with E-state index >= 15 is 0 Å². The van der Waals surface area contributed by atoms with Crippen LogP contribution in [0.15, 0.2) is 24.3 Å². The molecule has 1 aromatic carbocycles. The zero-order chi connectivity index (χ0) is 13.1. The summed E-state index contributed by atoms with van der Waals surface area (Å²) in [6.07, 6.45) is 8.13. The molecular weight excluding hydrogens is 252 g/mol. The van der Waals surface area contributed by atoms with E-state index in [1.165, 1.54) is 55.4 Å². The van der Waals surface area contributed by atoms with Crippen LogP contribution < -0.4 is 11.3 Å². The first-order valence-corrected chi connectivity index (χ1v) is 8.61. The molecule has 2 unspecified atom stereocenters. The van der Waals surface area contributed by atoms with E-state index in [4.69, 9.17) is 5.84 Å². The van der Waals surface area contributed by atoms with Gasteiger partial charge < -0.3 is 0 Å². The van der Waals surface area contributed by atoms with Crippen molar-refractivity contribution < 1.29 is 0 Å². The van der Waals surface area contributed by atoms with Gasteiger partial charge in [0.15, 0.2) is 0 Å². The molecule has 1 heterocycles.